The summed E-state index contributed by atoms with van der Waals surface area (Å²) in [6, 6.07) is 5.61. The fraction of sp³-hybridized carbons (Fsp3) is 0.357. The number of thioether (sulfide) groups is 1. The summed E-state index contributed by atoms with van der Waals surface area (Å²) in [5, 5.41) is 7.15. The maximum atomic E-state index is 12.2. The monoisotopic (exact) mass is 291 g/mol. The van der Waals surface area contributed by atoms with Crippen molar-refractivity contribution in [1.82, 2.24) is 10.1 Å². The molecule has 2 aromatic heterocycles. The largest absolute Gasteiger partial charge is 0.360 e. The van der Waals surface area contributed by atoms with E-state index in [1.807, 2.05) is 26.0 Å². The molecular formula is C14H17N3O2S. The first kappa shape index (κ1) is 14.6. The summed E-state index contributed by atoms with van der Waals surface area (Å²) in [6.45, 7) is 5.74. The summed E-state index contributed by atoms with van der Waals surface area (Å²) in [7, 11) is 0. The lowest BCUT2D eigenvalue weighted by molar-refractivity contribution is -0.115. The van der Waals surface area contributed by atoms with Crippen LogP contribution in [0.3, 0.4) is 0 Å². The number of carbonyl (C=O) groups excluding carboxylic acids is 1. The number of pyridine rings is 1. The van der Waals surface area contributed by atoms with Crippen LogP contribution in [0.15, 0.2) is 33.9 Å². The molecule has 1 amide bonds. The third-order valence-electron chi connectivity index (χ3n) is 2.69. The van der Waals surface area contributed by atoms with E-state index in [9.17, 15) is 4.79 Å². The first-order valence-corrected chi connectivity index (χ1v) is 7.30. The maximum Gasteiger partial charge on any atom is 0.239 e. The molecule has 1 unspecified atom stereocenters. The second-order valence-corrected chi connectivity index (χ2v) is 5.72. The molecule has 0 fully saturated rings. The van der Waals surface area contributed by atoms with Gasteiger partial charge in [0.1, 0.15) is 5.76 Å². The molecule has 0 spiro atoms. The van der Waals surface area contributed by atoms with Crippen LogP contribution in [0.25, 0.3) is 0 Å². The Morgan fingerprint density at radius 2 is 2.25 bits per heavy atom. The number of nitrogens with one attached hydrogen (secondary N) is 1. The minimum Gasteiger partial charge on any atom is -0.360 e. The van der Waals surface area contributed by atoms with E-state index in [4.69, 9.17) is 4.52 Å². The molecule has 6 heteroatoms. The van der Waals surface area contributed by atoms with Crippen molar-refractivity contribution in [2.75, 3.05) is 5.32 Å². The van der Waals surface area contributed by atoms with Crippen LogP contribution in [0.1, 0.15) is 24.7 Å². The molecule has 1 N–H and O–H groups in total. The second-order valence-electron chi connectivity index (χ2n) is 4.50. The van der Waals surface area contributed by atoms with Crippen LogP contribution in [-0.4, -0.2) is 21.3 Å². The van der Waals surface area contributed by atoms with Gasteiger partial charge in [-0.1, -0.05) is 29.9 Å². The van der Waals surface area contributed by atoms with Gasteiger partial charge in [0.05, 0.1) is 10.3 Å². The quantitative estimate of drug-likeness (QED) is 0.857. The minimum absolute atomic E-state index is 0.0897. The molecule has 0 saturated carbocycles. The molecule has 0 radical (unpaired) electrons. The van der Waals surface area contributed by atoms with Crippen molar-refractivity contribution in [1.29, 1.82) is 0 Å². The van der Waals surface area contributed by atoms with Crippen LogP contribution >= 0.6 is 11.8 Å². The molecule has 20 heavy (non-hydrogen) atoms. The highest BCUT2D eigenvalue weighted by atomic mass is 32.2. The van der Waals surface area contributed by atoms with Gasteiger partial charge in [-0.05, 0) is 31.9 Å². The third kappa shape index (κ3) is 3.84. The van der Waals surface area contributed by atoms with E-state index in [0.29, 0.717) is 18.0 Å². The molecule has 106 valence electrons. The van der Waals surface area contributed by atoms with Crippen molar-refractivity contribution in [3.05, 3.63) is 35.7 Å². The van der Waals surface area contributed by atoms with Gasteiger partial charge in [0.15, 0.2) is 5.82 Å². The number of amides is 1. The molecule has 0 saturated heterocycles. The van der Waals surface area contributed by atoms with Gasteiger partial charge in [-0.3, -0.25) is 4.79 Å². The Morgan fingerprint density at radius 3 is 2.80 bits per heavy atom. The average molecular weight is 291 g/mol. The molecule has 5 nitrogen and oxygen atoms in total. The van der Waals surface area contributed by atoms with E-state index in [1.165, 1.54) is 11.8 Å². The fourth-order valence-electron chi connectivity index (χ4n) is 1.62. The van der Waals surface area contributed by atoms with E-state index in [2.05, 4.69) is 15.5 Å². The zero-order valence-electron chi connectivity index (χ0n) is 11.7. The predicted octanol–water partition coefficient (Wildman–Crippen LogP) is 3.20. The zero-order valence-corrected chi connectivity index (χ0v) is 12.5. The molecule has 2 aromatic rings. The van der Waals surface area contributed by atoms with Crippen LogP contribution < -0.4 is 5.32 Å². The first-order chi connectivity index (χ1) is 9.58. The van der Waals surface area contributed by atoms with Crippen LogP contribution in [-0.2, 0) is 4.79 Å². The molecule has 0 aliphatic carbocycles. The smallest absolute Gasteiger partial charge is 0.239 e. The molecule has 0 aromatic carbocycles. The van der Waals surface area contributed by atoms with Gasteiger partial charge in [0.25, 0.3) is 0 Å². The average Bonchev–Trinajstić information content (AvgIpc) is 2.83. The van der Waals surface area contributed by atoms with Crippen molar-refractivity contribution >= 4 is 23.5 Å². The Hall–Kier alpha value is -1.82. The molecule has 2 heterocycles. The Labute approximate surface area is 122 Å². The predicted molar refractivity (Wildman–Crippen MR) is 78.8 cm³/mol. The van der Waals surface area contributed by atoms with Gasteiger partial charge in [0.2, 0.25) is 5.91 Å². The number of carbonyl (C=O) groups is 1. The highest BCUT2D eigenvalue weighted by Crippen LogP contribution is 2.24. The SMILES string of the molecule is CCC(Sc1ccc(C)cn1)C(=O)Nc1cc(C)on1. The topological polar surface area (TPSA) is 68.0 Å². The number of rotatable bonds is 5. The summed E-state index contributed by atoms with van der Waals surface area (Å²) >= 11 is 1.45. The van der Waals surface area contributed by atoms with Gasteiger partial charge in [-0.2, -0.15) is 0 Å². The van der Waals surface area contributed by atoms with Gasteiger partial charge in [-0.25, -0.2) is 4.98 Å². The lowest BCUT2D eigenvalue weighted by atomic mass is 10.3. The number of hydrogen-bond donors (Lipinski definition) is 1. The van der Waals surface area contributed by atoms with E-state index < -0.39 is 0 Å². The summed E-state index contributed by atoms with van der Waals surface area (Å²) in [5.41, 5.74) is 1.10. The number of aryl methyl sites for hydroxylation is 2. The van der Waals surface area contributed by atoms with E-state index >= 15 is 0 Å². The summed E-state index contributed by atoms with van der Waals surface area (Å²) in [4.78, 5) is 16.5. The number of hydrogen-bond acceptors (Lipinski definition) is 5. The molecule has 2 rings (SSSR count). The molecule has 0 aliphatic rings. The Bertz CT molecular complexity index is 580. The Morgan fingerprint density at radius 1 is 1.45 bits per heavy atom. The van der Waals surface area contributed by atoms with Crippen LogP contribution in [0.2, 0.25) is 0 Å². The summed E-state index contributed by atoms with van der Waals surface area (Å²) < 4.78 is 4.93. The molecule has 0 aliphatic heterocycles. The van der Waals surface area contributed by atoms with Crippen LogP contribution in [0.5, 0.6) is 0 Å². The Balaban J connectivity index is 2.00. The number of nitrogens with zero attached hydrogens (tertiary/aromatic N) is 2. The van der Waals surface area contributed by atoms with Crippen molar-refractivity contribution in [3.63, 3.8) is 0 Å². The standard InChI is InChI=1S/C14H17N3O2S/c1-4-11(20-13-6-5-9(2)8-15-13)14(18)16-12-7-10(3)19-17-12/h5-8,11H,4H2,1-3H3,(H,16,17,18). The fourth-order valence-corrected chi connectivity index (χ4v) is 2.51. The van der Waals surface area contributed by atoms with Crippen molar-refractivity contribution in [3.8, 4) is 0 Å². The van der Waals surface area contributed by atoms with Crippen molar-refractivity contribution in [2.24, 2.45) is 0 Å². The van der Waals surface area contributed by atoms with Crippen molar-refractivity contribution < 1.29 is 9.32 Å². The Kier molecular flexibility index (Phi) is 4.79. The highest BCUT2D eigenvalue weighted by molar-refractivity contribution is 8.00. The van der Waals surface area contributed by atoms with Gasteiger partial charge >= 0.3 is 0 Å². The lowest BCUT2D eigenvalue weighted by Crippen LogP contribution is -2.24. The maximum absolute atomic E-state index is 12.2. The van der Waals surface area contributed by atoms with Crippen molar-refractivity contribution in [2.45, 2.75) is 37.5 Å². The van der Waals surface area contributed by atoms with Crippen LogP contribution in [0, 0.1) is 13.8 Å². The van der Waals surface area contributed by atoms with E-state index in [-0.39, 0.29) is 11.2 Å². The molecule has 1 atom stereocenters. The lowest BCUT2D eigenvalue weighted by Gasteiger charge is -2.12. The van der Waals surface area contributed by atoms with E-state index in [1.54, 1.807) is 19.2 Å². The molecular weight excluding hydrogens is 274 g/mol. The van der Waals surface area contributed by atoms with Gasteiger partial charge < -0.3 is 9.84 Å². The normalized spacial score (nSPS) is 12.2. The minimum atomic E-state index is -0.206. The number of anilines is 1. The molecule has 0 bridgehead atoms. The first-order valence-electron chi connectivity index (χ1n) is 6.42. The van der Waals surface area contributed by atoms with Gasteiger partial charge in [-0.15, -0.1) is 0 Å². The summed E-state index contributed by atoms with van der Waals surface area (Å²) in [6.07, 6.45) is 2.51. The van der Waals surface area contributed by atoms with Gasteiger partial charge in [0, 0.05) is 12.3 Å². The number of aromatic nitrogens is 2. The van der Waals surface area contributed by atoms with E-state index in [0.717, 1.165) is 10.6 Å². The zero-order chi connectivity index (χ0) is 14.5. The summed E-state index contributed by atoms with van der Waals surface area (Å²) in [5.74, 6) is 1.03. The van der Waals surface area contributed by atoms with Crippen LogP contribution in [0.4, 0.5) is 5.82 Å². The third-order valence-corrected chi connectivity index (χ3v) is 4.00. The highest BCUT2D eigenvalue weighted by Gasteiger charge is 2.19. The second kappa shape index (κ2) is 6.56.